The van der Waals surface area contributed by atoms with Crippen molar-refractivity contribution in [3.05, 3.63) is 48.0 Å². The van der Waals surface area contributed by atoms with Gasteiger partial charge in [0.1, 0.15) is 0 Å². The molecule has 1 unspecified atom stereocenters. The fraction of sp³-hybridized carbons (Fsp3) is 0.467. The SMILES string of the molecule is C=C1CCCC(COCc2ccccc2)SC1. The Morgan fingerprint density at radius 1 is 1.29 bits per heavy atom. The van der Waals surface area contributed by atoms with E-state index in [0.717, 1.165) is 19.0 Å². The quantitative estimate of drug-likeness (QED) is 0.744. The lowest BCUT2D eigenvalue weighted by Crippen LogP contribution is -2.11. The number of hydrogen-bond donors (Lipinski definition) is 0. The molecule has 2 heteroatoms. The predicted molar refractivity (Wildman–Crippen MR) is 75.3 cm³/mol. The molecule has 0 amide bonds. The van der Waals surface area contributed by atoms with Gasteiger partial charge in [0.05, 0.1) is 13.2 Å². The van der Waals surface area contributed by atoms with E-state index in [1.807, 2.05) is 17.8 Å². The first kappa shape index (κ1) is 12.7. The van der Waals surface area contributed by atoms with Gasteiger partial charge in [-0.25, -0.2) is 0 Å². The van der Waals surface area contributed by atoms with Crippen LogP contribution < -0.4 is 0 Å². The van der Waals surface area contributed by atoms with Gasteiger partial charge in [-0.15, -0.1) is 0 Å². The van der Waals surface area contributed by atoms with Crippen LogP contribution in [0, 0.1) is 0 Å². The molecule has 1 nitrogen and oxygen atoms in total. The molecule has 0 aromatic heterocycles. The Morgan fingerprint density at radius 2 is 2.12 bits per heavy atom. The van der Waals surface area contributed by atoms with Gasteiger partial charge in [-0.3, -0.25) is 0 Å². The Morgan fingerprint density at radius 3 is 2.94 bits per heavy atom. The second-order valence-electron chi connectivity index (χ2n) is 4.58. The molecule has 17 heavy (non-hydrogen) atoms. The zero-order valence-electron chi connectivity index (χ0n) is 10.2. The monoisotopic (exact) mass is 248 g/mol. The van der Waals surface area contributed by atoms with Crippen LogP contribution in [0.4, 0.5) is 0 Å². The van der Waals surface area contributed by atoms with E-state index in [1.54, 1.807) is 0 Å². The van der Waals surface area contributed by atoms with Gasteiger partial charge in [-0.05, 0) is 24.8 Å². The summed E-state index contributed by atoms with van der Waals surface area (Å²) in [5.74, 6) is 1.11. The molecule has 1 heterocycles. The van der Waals surface area contributed by atoms with Gasteiger partial charge in [-0.1, -0.05) is 42.5 Å². The summed E-state index contributed by atoms with van der Waals surface area (Å²) in [5.41, 5.74) is 2.65. The van der Waals surface area contributed by atoms with E-state index in [9.17, 15) is 0 Å². The van der Waals surface area contributed by atoms with Crippen molar-refractivity contribution in [2.75, 3.05) is 12.4 Å². The number of rotatable bonds is 4. The largest absolute Gasteiger partial charge is 0.376 e. The van der Waals surface area contributed by atoms with Crippen molar-refractivity contribution < 1.29 is 4.74 Å². The minimum absolute atomic E-state index is 0.651. The third-order valence-corrected chi connectivity index (χ3v) is 4.41. The smallest absolute Gasteiger partial charge is 0.0717 e. The van der Waals surface area contributed by atoms with E-state index in [4.69, 9.17) is 4.74 Å². The lowest BCUT2D eigenvalue weighted by atomic mass is 10.1. The molecule has 1 atom stereocenters. The number of thioether (sulfide) groups is 1. The molecule has 1 fully saturated rings. The van der Waals surface area contributed by atoms with Crippen LogP contribution in [0.2, 0.25) is 0 Å². The molecule has 1 aliphatic heterocycles. The lowest BCUT2D eigenvalue weighted by molar-refractivity contribution is 0.120. The summed E-state index contributed by atoms with van der Waals surface area (Å²) in [4.78, 5) is 0. The van der Waals surface area contributed by atoms with Gasteiger partial charge in [0.25, 0.3) is 0 Å². The third-order valence-electron chi connectivity index (χ3n) is 2.99. The fourth-order valence-corrected chi connectivity index (χ4v) is 3.13. The Balaban J connectivity index is 1.69. The van der Waals surface area contributed by atoms with Crippen molar-refractivity contribution in [2.24, 2.45) is 0 Å². The highest BCUT2D eigenvalue weighted by molar-refractivity contribution is 8.00. The first-order valence-corrected chi connectivity index (χ1v) is 7.29. The van der Waals surface area contributed by atoms with E-state index >= 15 is 0 Å². The van der Waals surface area contributed by atoms with E-state index < -0.39 is 0 Å². The zero-order chi connectivity index (χ0) is 11.9. The average Bonchev–Trinajstić information content (AvgIpc) is 2.56. The van der Waals surface area contributed by atoms with Crippen molar-refractivity contribution in [1.82, 2.24) is 0 Å². The molecule has 92 valence electrons. The number of ether oxygens (including phenoxy) is 1. The maximum absolute atomic E-state index is 5.80. The number of benzene rings is 1. The molecule has 1 aromatic carbocycles. The molecule has 0 aliphatic carbocycles. The van der Waals surface area contributed by atoms with Crippen molar-refractivity contribution in [2.45, 2.75) is 31.1 Å². The van der Waals surface area contributed by atoms with Crippen LogP contribution in [-0.2, 0) is 11.3 Å². The molecule has 2 rings (SSSR count). The molecule has 0 bridgehead atoms. The van der Waals surface area contributed by atoms with E-state index in [-0.39, 0.29) is 0 Å². The molecule has 0 radical (unpaired) electrons. The second kappa shape index (κ2) is 6.87. The summed E-state index contributed by atoms with van der Waals surface area (Å²) in [7, 11) is 0. The average molecular weight is 248 g/mol. The minimum Gasteiger partial charge on any atom is -0.376 e. The maximum Gasteiger partial charge on any atom is 0.0717 e. The van der Waals surface area contributed by atoms with Crippen LogP contribution in [0.25, 0.3) is 0 Å². The summed E-state index contributed by atoms with van der Waals surface area (Å²) in [6, 6.07) is 10.4. The predicted octanol–water partition coefficient (Wildman–Crippen LogP) is 4.05. The Hall–Kier alpha value is -0.730. The molecule has 0 spiro atoms. The summed E-state index contributed by atoms with van der Waals surface area (Å²) < 4.78 is 5.80. The fourth-order valence-electron chi connectivity index (χ4n) is 1.98. The molecule has 1 aliphatic rings. The summed E-state index contributed by atoms with van der Waals surface area (Å²) in [6.45, 7) is 5.68. The van der Waals surface area contributed by atoms with Crippen LogP contribution in [0.3, 0.4) is 0 Å². The van der Waals surface area contributed by atoms with E-state index in [0.29, 0.717) is 5.25 Å². The third kappa shape index (κ3) is 4.57. The van der Waals surface area contributed by atoms with Gasteiger partial charge in [0, 0.05) is 11.0 Å². The van der Waals surface area contributed by atoms with Crippen molar-refractivity contribution in [3.8, 4) is 0 Å². The van der Waals surface area contributed by atoms with Gasteiger partial charge in [0.15, 0.2) is 0 Å². The Labute approximate surface area is 108 Å². The highest BCUT2D eigenvalue weighted by Crippen LogP contribution is 2.26. The van der Waals surface area contributed by atoms with Crippen LogP contribution in [0.1, 0.15) is 24.8 Å². The van der Waals surface area contributed by atoms with Crippen LogP contribution in [0.15, 0.2) is 42.5 Å². The summed E-state index contributed by atoms with van der Waals surface area (Å²) in [6.07, 6.45) is 3.73. The lowest BCUT2D eigenvalue weighted by Gasteiger charge is -2.13. The maximum atomic E-state index is 5.80. The van der Waals surface area contributed by atoms with Crippen molar-refractivity contribution in [3.63, 3.8) is 0 Å². The Bertz CT molecular complexity index is 347. The molecule has 1 saturated heterocycles. The normalized spacial score (nSPS) is 21.2. The van der Waals surface area contributed by atoms with Gasteiger partial charge >= 0.3 is 0 Å². The zero-order valence-corrected chi connectivity index (χ0v) is 11.0. The summed E-state index contributed by atoms with van der Waals surface area (Å²) in [5, 5.41) is 0.651. The molecule has 0 N–H and O–H groups in total. The molecular weight excluding hydrogens is 228 g/mol. The highest BCUT2D eigenvalue weighted by Gasteiger charge is 2.14. The number of hydrogen-bond acceptors (Lipinski definition) is 2. The van der Waals surface area contributed by atoms with E-state index in [1.165, 1.54) is 30.4 Å². The Kier molecular flexibility index (Phi) is 5.14. The van der Waals surface area contributed by atoms with Gasteiger partial charge in [-0.2, -0.15) is 11.8 Å². The molecular formula is C15H20OS. The van der Waals surface area contributed by atoms with Crippen molar-refractivity contribution >= 4 is 11.8 Å². The van der Waals surface area contributed by atoms with Crippen molar-refractivity contribution in [1.29, 1.82) is 0 Å². The summed E-state index contributed by atoms with van der Waals surface area (Å²) >= 11 is 2.00. The van der Waals surface area contributed by atoms with Crippen LogP contribution in [0.5, 0.6) is 0 Å². The first-order valence-electron chi connectivity index (χ1n) is 6.24. The van der Waals surface area contributed by atoms with Gasteiger partial charge < -0.3 is 4.74 Å². The van der Waals surface area contributed by atoms with Gasteiger partial charge in [0.2, 0.25) is 0 Å². The topological polar surface area (TPSA) is 9.23 Å². The first-order chi connectivity index (χ1) is 8.34. The standard InChI is InChI=1S/C15H20OS/c1-13-6-5-9-15(17-12-13)11-16-10-14-7-3-2-4-8-14/h2-4,7-8,15H,1,5-6,9-12H2. The van der Waals surface area contributed by atoms with Crippen LogP contribution >= 0.6 is 11.8 Å². The van der Waals surface area contributed by atoms with Crippen LogP contribution in [-0.4, -0.2) is 17.6 Å². The highest BCUT2D eigenvalue weighted by atomic mass is 32.2. The molecule has 0 saturated carbocycles. The minimum atomic E-state index is 0.651. The van der Waals surface area contributed by atoms with E-state index in [2.05, 4.69) is 30.8 Å². The molecule has 1 aromatic rings. The second-order valence-corrected chi connectivity index (χ2v) is 5.86.